The number of piperazine rings is 1. The Morgan fingerprint density at radius 2 is 1.94 bits per heavy atom. The van der Waals surface area contributed by atoms with Gasteiger partial charge in [0.2, 0.25) is 5.91 Å². The van der Waals surface area contributed by atoms with Crippen LogP contribution in [0.3, 0.4) is 0 Å². The van der Waals surface area contributed by atoms with Crippen LogP contribution in [0.5, 0.6) is 11.5 Å². The number of ketones is 1. The Morgan fingerprint density at radius 1 is 1.12 bits per heavy atom. The summed E-state index contributed by atoms with van der Waals surface area (Å²) < 4.78 is 19.3. The van der Waals surface area contributed by atoms with Gasteiger partial charge in [-0.15, -0.1) is 0 Å². The van der Waals surface area contributed by atoms with Crippen LogP contribution in [0, 0.1) is 23.2 Å². The number of rotatable bonds is 8. The first-order chi connectivity index (χ1) is 23.8. The molecule has 7 atom stereocenters. The Bertz CT molecular complexity index is 1440. The zero-order valence-corrected chi connectivity index (χ0v) is 29.3. The maximum atomic E-state index is 15.8. The van der Waals surface area contributed by atoms with E-state index in [0.29, 0.717) is 56.6 Å². The molecule has 7 rings (SSSR count). The van der Waals surface area contributed by atoms with Crippen LogP contribution in [0.15, 0.2) is 30.9 Å². The van der Waals surface area contributed by atoms with Crippen molar-refractivity contribution in [3.63, 3.8) is 0 Å². The SMILES string of the molecule is C=CC(=O)N1CCN(C2NC(OCC3CCCN3C)NC3(C4CCCCCC4)C(=O)[C@@]4(CCC23)Cc2cccc(OC)c2O4)CC1CC#N. The van der Waals surface area contributed by atoms with Gasteiger partial charge in [0.1, 0.15) is 0 Å². The molecular weight excluding hydrogens is 620 g/mol. The standard InChI is InChI=1S/C38H54N6O5/c1-4-32(45)44-22-21-43(24-28(44)17-19-39)34-30-16-18-37(23-26-11-9-15-31(47-3)33(26)49-37)35(46)38(30,27-12-7-5-6-8-13-27)41-36(40-34)48-25-29-14-10-20-42(29)2/h4,9,11,15,27-30,34,36,40-41H,1,5-8,10,12-14,16-18,20-25H2,2-3H3/t28?,29?,30?,34?,36?,37-,38?/m1/s1. The molecule has 266 valence electrons. The van der Waals surface area contributed by atoms with E-state index >= 15 is 4.79 Å². The molecule has 4 heterocycles. The minimum absolute atomic E-state index is 0.0543. The maximum Gasteiger partial charge on any atom is 0.246 e. The van der Waals surface area contributed by atoms with Crippen molar-refractivity contribution in [1.29, 1.82) is 5.26 Å². The number of nitrogens with one attached hydrogen (secondary N) is 2. The number of amides is 1. The molecule has 11 nitrogen and oxygen atoms in total. The molecule has 4 aliphatic heterocycles. The molecule has 3 saturated heterocycles. The number of nitrogens with zero attached hydrogens (tertiary/aromatic N) is 4. The zero-order valence-electron chi connectivity index (χ0n) is 29.3. The molecule has 1 spiro atoms. The van der Waals surface area contributed by atoms with Gasteiger partial charge in [-0.25, -0.2) is 0 Å². The lowest BCUT2D eigenvalue weighted by Crippen LogP contribution is -2.83. The first-order valence-corrected chi connectivity index (χ1v) is 18.6. The second kappa shape index (κ2) is 14.3. The predicted octanol–water partition coefficient (Wildman–Crippen LogP) is 3.58. The van der Waals surface area contributed by atoms with Gasteiger partial charge in [0.15, 0.2) is 29.2 Å². The van der Waals surface area contributed by atoms with Gasteiger partial charge in [-0.1, -0.05) is 44.4 Å². The number of nitriles is 1. The molecule has 1 aromatic carbocycles. The zero-order chi connectivity index (χ0) is 34.2. The third-order valence-corrected chi connectivity index (χ3v) is 12.7. The van der Waals surface area contributed by atoms with Crippen molar-refractivity contribution in [2.45, 2.75) is 113 Å². The number of fused-ring (bicyclic) bond motifs is 2. The van der Waals surface area contributed by atoms with E-state index in [9.17, 15) is 10.1 Å². The number of Topliss-reactive ketones (excluding diaryl/α,β-unsaturated/α-hetero) is 1. The highest BCUT2D eigenvalue weighted by molar-refractivity contribution is 5.99. The van der Waals surface area contributed by atoms with E-state index in [1.54, 1.807) is 12.0 Å². The molecular formula is C38H54N6O5. The van der Waals surface area contributed by atoms with Crippen LogP contribution in [0.25, 0.3) is 0 Å². The van der Waals surface area contributed by atoms with Crippen molar-refractivity contribution >= 4 is 11.7 Å². The Labute approximate surface area is 291 Å². The minimum atomic E-state index is -0.983. The highest BCUT2D eigenvalue weighted by Crippen LogP contribution is 2.54. The molecule has 11 heteroatoms. The lowest BCUT2D eigenvalue weighted by atomic mass is 9.56. The number of ether oxygens (including phenoxy) is 3. The quantitative estimate of drug-likeness (QED) is 0.313. The molecule has 0 radical (unpaired) electrons. The first-order valence-electron chi connectivity index (χ1n) is 18.6. The molecule has 0 aromatic heterocycles. The molecule has 2 saturated carbocycles. The second-order valence-electron chi connectivity index (χ2n) is 15.2. The van der Waals surface area contributed by atoms with E-state index < -0.39 is 17.5 Å². The van der Waals surface area contributed by atoms with Gasteiger partial charge >= 0.3 is 0 Å². The lowest BCUT2D eigenvalue weighted by Gasteiger charge is -2.61. The number of likely N-dealkylation sites (N-methyl/N-ethyl adjacent to an activating group) is 1. The van der Waals surface area contributed by atoms with Crippen LogP contribution in [0.2, 0.25) is 0 Å². The van der Waals surface area contributed by atoms with Crippen LogP contribution in [-0.2, 0) is 20.7 Å². The van der Waals surface area contributed by atoms with Crippen molar-refractivity contribution in [1.82, 2.24) is 25.3 Å². The van der Waals surface area contributed by atoms with Gasteiger partial charge in [0.25, 0.3) is 0 Å². The van der Waals surface area contributed by atoms with E-state index in [0.717, 1.165) is 57.1 Å². The van der Waals surface area contributed by atoms with Crippen molar-refractivity contribution in [2.75, 3.05) is 46.9 Å². The molecule has 5 fully saturated rings. The monoisotopic (exact) mass is 674 g/mol. The highest BCUT2D eigenvalue weighted by Gasteiger charge is 2.67. The maximum absolute atomic E-state index is 15.8. The van der Waals surface area contributed by atoms with Gasteiger partial charge in [0, 0.05) is 43.6 Å². The van der Waals surface area contributed by atoms with Gasteiger partial charge in [-0.05, 0) is 70.2 Å². The molecule has 1 aromatic rings. The van der Waals surface area contributed by atoms with E-state index in [1.807, 2.05) is 12.1 Å². The first kappa shape index (κ1) is 34.4. The fraction of sp³-hybridized carbons (Fsp3) is 0.711. The Balaban J connectivity index is 1.27. The van der Waals surface area contributed by atoms with Crippen LogP contribution >= 0.6 is 0 Å². The van der Waals surface area contributed by atoms with Gasteiger partial charge < -0.3 is 24.0 Å². The topological polar surface area (TPSA) is 119 Å². The summed E-state index contributed by atoms with van der Waals surface area (Å²) in [5.74, 6) is 1.44. The summed E-state index contributed by atoms with van der Waals surface area (Å²) in [6, 6.07) is 8.34. The van der Waals surface area contributed by atoms with Crippen LogP contribution in [0.4, 0.5) is 0 Å². The van der Waals surface area contributed by atoms with E-state index in [4.69, 9.17) is 14.2 Å². The summed E-state index contributed by atoms with van der Waals surface area (Å²) in [6.45, 7) is 7.01. The minimum Gasteiger partial charge on any atom is -0.493 e. The fourth-order valence-corrected chi connectivity index (χ4v) is 10.2. The summed E-state index contributed by atoms with van der Waals surface area (Å²) in [5, 5.41) is 17.5. The Kier molecular flexibility index (Phi) is 10.1. The number of hydrogen-bond donors (Lipinski definition) is 2. The van der Waals surface area contributed by atoms with Crippen LogP contribution in [-0.4, -0.2) is 109 Å². The number of methoxy groups -OCH3 is 1. The number of hydrogen-bond acceptors (Lipinski definition) is 10. The van der Waals surface area contributed by atoms with Crippen molar-refractivity contribution < 1.29 is 23.8 Å². The Morgan fingerprint density at radius 3 is 2.65 bits per heavy atom. The summed E-state index contributed by atoms with van der Waals surface area (Å²) in [5.41, 5.74) is -0.839. The van der Waals surface area contributed by atoms with E-state index in [1.165, 1.54) is 18.9 Å². The van der Waals surface area contributed by atoms with Crippen molar-refractivity contribution in [3.8, 4) is 17.6 Å². The van der Waals surface area contributed by atoms with Crippen molar-refractivity contribution in [3.05, 3.63) is 36.4 Å². The summed E-state index contributed by atoms with van der Waals surface area (Å²) >= 11 is 0. The smallest absolute Gasteiger partial charge is 0.246 e. The number of para-hydroxylation sites is 1. The molecule has 0 bridgehead atoms. The van der Waals surface area contributed by atoms with Gasteiger partial charge in [-0.3, -0.25) is 25.1 Å². The Hall–Kier alpha value is -3.01. The average molecular weight is 675 g/mol. The second-order valence-corrected chi connectivity index (χ2v) is 15.2. The molecule has 1 amide bonds. The normalized spacial score (nSPS) is 35.7. The molecule has 6 aliphatic rings. The molecule has 2 aliphatic carbocycles. The molecule has 6 unspecified atom stereocenters. The number of benzene rings is 1. The number of likely N-dealkylation sites (tertiary alicyclic amines) is 1. The summed E-state index contributed by atoms with van der Waals surface area (Å²) in [6.07, 6.45) is 11.5. The van der Waals surface area contributed by atoms with Gasteiger partial charge in [0.05, 0.1) is 44.0 Å². The highest BCUT2D eigenvalue weighted by atomic mass is 16.5. The molecule has 49 heavy (non-hydrogen) atoms. The fourth-order valence-electron chi connectivity index (χ4n) is 10.2. The summed E-state index contributed by atoms with van der Waals surface area (Å²) in [7, 11) is 3.81. The average Bonchev–Trinajstić information content (AvgIpc) is 3.60. The van der Waals surface area contributed by atoms with Crippen molar-refractivity contribution in [2.24, 2.45) is 11.8 Å². The summed E-state index contributed by atoms with van der Waals surface area (Å²) in [4.78, 5) is 35.1. The third-order valence-electron chi connectivity index (χ3n) is 12.7. The number of carbonyl (C=O) groups is 2. The molecule has 2 N–H and O–H groups in total. The predicted molar refractivity (Wildman–Crippen MR) is 185 cm³/mol. The third kappa shape index (κ3) is 6.18. The number of carbonyl (C=O) groups excluding carboxylic acids is 2. The van der Waals surface area contributed by atoms with Crippen LogP contribution < -0.4 is 20.1 Å². The van der Waals surface area contributed by atoms with E-state index in [-0.39, 0.29) is 42.2 Å². The van der Waals surface area contributed by atoms with Gasteiger partial charge in [-0.2, -0.15) is 5.26 Å². The van der Waals surface area contributed by atoms with E-state index in [2.05, 4.69) is 46.2 Å². The lowest BCUT2D eigenvalue weighted by molar-refractivity contribution is -0.182. The largest absolute Gasteiger partial charge is 0.493 e. The van der Waals surface area contributed by atoms with Crippen LogP contribution in [0.1, 0.15) is 76.2 Å².